The van der Waals surface area contributed by atoms with Crippen LogP contribution in [0.15, 0.2) is 23.1 Å². The van der Waals surface area contributed by atoms with Crippen molar-refractivity contribution in [2.24, 2.45) is 23.7 Å². The summed E-state index contributed by atoms with van der Waals surface area (Å²) in [4.78, 5) is 81.0. The number of hydrogen-bond donors (Lipinski definition) is 4. The smallest absolute Gasteiger partial charge is 0.287 e. The van der Waals surface area contributed by atoms with Crippen molar-refractivity contribution in [3.8, 4) is 5.19 Å². The first-order valence-corrected chi connectivity index (χ1v) is 15.7. The molecular formula is C30H38N6O7S. The number of rotatable bonds is 12. The first kappa shape index (κ1) is 31.4. The Kier molecular flexibility index (Phi) is 9.47. The van der Waals surface area contributed by atoms with E-state index in [0.717, 1.165) is 48.9 Å². The molecule has 2 aromatic rings. The Bertz CT molecular complexity index is 1490. The van der Waals surface area contributed by atoms with Crippen molar-refractivity contribution >= 4 is 46.4 Å². The van der Waals surface area contributed by atoms with Gasteiger partial charge in [0.2, 0.25) is 17.6 Å². The molecule has 4 N–H and O–H groups in total. The van der Waals surface area contributed by atoms with E-state index in [2.05, 4.69) is 26.3 Å². The summed E-state index contributed by atoms with van der Waals surface area (Å²) in [5, 5.41) is 10.8. The number of methoxy groups -OCH3 is 1. The van der Waals surface area contributed by atoms with E-state index in [4.69, 9.17) is 4.74 Å². The van der Waals surface area contributed by atoms with E-state index in [0.29, 0.717) is 17.5 Å². The number of pyridine rings is 1. The van der Waals surface area contributed by atoms with Gasteiger partial charge in [-0.25, -0.2) is 4.98 Å². The molecule has 0 aliphatic heterocycles. The topological polar surface area (TPSA) is 178 Å². The molecule has 0 radical (unpaired) electrons. The zero-order valence-electron chi connectivity index (χ0n) is 25.0. The third kappa shape index (κ3) is 6.85. The number of hydrogen-bond acceptors (Lipinski definition) is 9. The van der Waals surface area contributed by atoms with E-state index in [1.54, 1.807) is 13.0 Å². The Morgan fingerprint density at radius 3 is 2.39 bits per heavy atom. The van der Waals surface area contributed by atoms with E-state index < -0.39 is 35.1 Å². The molecule has 4 bridgehead atoms. The monoisotopic (exact) mass is 626 g/mol. The average molecular weight is 627 g/mol. The summed E-state index contributed by atoms with van der Waals surface area (Å²) in [5.74, 6) is -0.673. The Morgan fingerprint density at radius 1 is 1.09 bits per heavy atom. The summed E-state index contributed by atoms with van der Waals surface area (Å²) in [7, 11) is 2.73. The number of ketones is 1. The van der Waals surface area contributed by atoms with Gasteiger partial charge < -0.3 is 30.6 Å². The van der Waals surface area contributed by atoms with E-state index in [-0.39, 0.29) is 47.1 Å². The number of nitrogens with one attached hydrogen (secondary N) is 4. The molecule has 13 nitrogen and oxygen atoms in total. The van der Waals surface area contributed by atoms with Gasteiger partial charge in [0.05, 0.1) is 12.8 Å². The fourth-order valence-electron chi connectivity index (χ4n) is 7.21. The number of ether oxygens (including phenoxy) is 1. The number of aryl methyl sites for hydroxylation is 1. The Balaban J connectivity index is 1.26. The van der Waals surface area contributed by atoms with Crippen LogP contribution in [0.4, 0.5) is 5.69 Å². The predicted octanol–water partition coefficient (Wildman–Crippen LogP) is 1.40. The van der Waals surface area contributed by atoms with E-state index in [1.807, 2.05) is 0 Å². The molecule has 4 aliphatic carbocycles. The van der Waals surface area contributed by atoms with Gasteiger partial charge >= 0.3 is 0 Å². The van der Waals surface area contributed by atoms with E-state index >= 15 is 0 Å². The largest absolute Gasteiger partial charge is 0.473 e. The fourth-order valence-corrected chi connectivity index (χ4v) is 8.00. The standard InChI is InChI=1S/C30H38N6O7S/c1-15-25(44-30(32-15)43-3)28(41)33-20(6-7-22(37)27(40)31-2)26(39)34-21-5-4-8-36(29(21)42)14-23(38)35-24-18-10-16-9-17(12-18)13-19(24)11-16/h4-5,8,16-20,24H,6-7,9-14H2,1-3H3,(H,31,40)(H,33,41)(H,34,39)(H,35,38)/t16?,17?,18?,19?,20-,24?/m0/s1. The van der Waals surface area contributed by atoms with Gasteiger partial charge in [-0.3, -0.25) is 28.8 Å². The molecule has 14 heteroatoms. The molecule has 4 saturated carbocycles. The zero-order chi connectivity index (χ0) is 31.5. The summed E-state index contributed by atoms with van der Waals surface area (Å²) in [6.45, 7) is 1.42. The molecule has 4 aliphatic rings. The number of Topliss-reactive ketones (excluding diaryl/α,β-unsaturated/α-hetero) is 1. The van der Waals surface area contributed by atoms with Gasteiger partial charge in [-0.1, -0.05) is 11.3 Å². The average Bonchev–Trinajstić information content (AvgIpc) is 3.38. The quantitative estimate of drug-likeness (QED) is 0.256. The molecular weight excluding hydrogens is 588 g/mol. The van der Waals surface area contributed by atoms with Gasteiger partial charge in [0.15, 0.2) is 0 Å². The lowest BCUT2D eigenvalue weighted by atomic mass is 9.54. The normalized spacial score (nSPS) is 23.8. The van der Waals surface area contributed by atoms with Crippen molar-refractivity contribution in [1.82, 2.24) is 25.5 Å². The summed E-state index contributed by atoms with van der Waals surface area (Å²) in [5.41, 5.74) is -0.286. The van der Waals surface area contributed by atoms with Crippen molar-refractivity contribution < 1.29 is 28.7 Å². The highest BCUT2D eigenvalue weighted by Gasteiger charge is 2.48. The molecule has 6 rings (SSSR count). The number of thiazole rings is 1. The molecule has 4 fully saturated rings. The highest BCUT2D eigenvalue weighted by atomic mass is 32.1. The van der Waals surface area contributed by atoms with Crippen LogP contribution in [-0.2, 0) is 25.7 Å². The lowest BCUT2D eigenvalue weighted by Gasteiger charge is -2.54. The molecule has 0 spiro atoms. The highest BCUT2D eigenvalue weighted by molar-refractivity contribution is 7.15. The Hall–Kier alpha value is -4.07. The predicted molar refractivity (Wildman–Crippen MR) is 161 cm³/mol. The number of aromatic nitrogens is 2. The first-order chi connectivity index (χ1) is 21.1. The maximum atomic E-state index is 13.4. The van der Waals surface area contributed by atoms with Crippen LogP contribution < -0.4 is 31.6 Å². The lowest BCUT2D eigenvalue weighted by molar-refractivity contribution is -0.137. The molecule has 0 aromatic carbocycles. The van der Waals surface area contributed by atoms with Crippen LogP contribution in [0.1, 0.15) is 60.3 Å². The van der Waals surface area contributed by atoms with Crippen LogP contribution in [-0.4, -0.2) is 65.2 Å². The van der Waals surface area contributed by atoms with Crippen molar-refractivity contribution in [3.05, 3.63) is 39.3 Å². The molecule has 2 aromatic heterocycles. The SMILES string of the molecule is CNC(=O)C(=O)CC[C@H](NC(=O)c1sc(OC)nc1C)C(=O)Nc1cccn(CC(=O)NC2C3CC4CC(C3)CC2C4)c1=O. The van der Waals surface area contributed by atoms with Crippen LogP contribution in [0, 0.1) is 30.6 Å². The van der Waals surface area contributed by atoms with Gasteiger partial charge in [-0.05, 0) is 81.3 Å². The van der Waals surface area contributed by atoms with Crippen LogP contribution in [0.5, 0.6) is 5.19 Å². The molecule has 4 amide bonds. The van der Waals surface area contributed by atoms with Crippen molar-refractivity contribution in [2.45, 2.75) is 70.5 Å². The molecule has 0 saturated heterocycles. The minimum absolute atomic E-state index is 0.0903. The summed E-state index contributed by atoms with van der Waals surface area (Å²) in [6, 6.07) is 1.82. The van der Waals surface area contributed by atoms with Gasteiger partial charge in [0.1, 0.15) is 23.2 Å². The van der Waals surface area contributed by atoms with Crippen LogP contribution in [0.2, 0.25) is 0 Å². The summed E-state index contributed by atoms with van der Waals surface area (Å²) >= 11 is 0.989. The Labute approximate surface area is 258 Å². The highest BCUT2D eigenvalue weighted by Crippen LogP contribution is 2.53. The number of nitrogens with zero attached hydrogens (tertiary/aromatic N) is 2. The Morgan fingerprint density at radius 2 is 1.77 bits per heavy atom. The number of carbonyl (C=O) groups is 5. The molecule has 0 unspecified atom stereocenters. The third-order valence-corrected chi connectivity index (χ3v) is 10.2. The molecule has 44 heavy (non-hydrogen) atoms. The number of amides is 4. The molecule has 2 heterocycles. The van der Waals surface area contributed by atoms with Crippen LogP contribution in [0.25, 0.3) is 0 Å². The van der Waals surface area contributed by atoms with Crippen LogP contribution in [0.3, 0.4) is 0 Å². The third-order valence-electron chi connectivity index (χ3n) is 9.07. The zero-order valence-corrected chi connectivity index (χ0v) is 25.8. The fraction of sp³-hybridized carbons (Fsp3) is 0.567. The second kappa shape index (κ2) is 13.3. The van der Waals surface area contributed by atoms with Gasteiger partial charge in [0, 0.05) is 25.7 Å². The van der Waals surface area contributed by atoms with Crippen molar-refractivity contribution in [3.63, 3.8) is 0 Å². The second-order valence-corrected chi connectivity index (χ2v) is 13.0. The number of carbonyl (C=O) groups excluding carboxylic acids is 5. The summed E-state index contributed by atoms with van der Waals surface area (Å²) in [6.07, 6.45) is 6.89. The van der Waals surface area contributed by atoms with Crippen LogP contribution >= 0.6 is 11.3 Å². The first-order valence-electron chi connectivity index (χ1n) is 14.9. The van der Waals surface area contributed by atoms with Gasteiger partial charge in [-0.15, -0.1) is 0 Å². The number of anilines is 1. The van der Waals surface area contributed by atoms with Gasteiger partial charge in [0.25, 0.3) is 22.6 Å². The number of likely N-dealkylation sites (N-methyl/N-ethyl adjacent to an activating group) is 1. The van der Waals surface area contributed by atoms with Crippen molar-refractivity contribution in [2.75, 3.05) is 19.5 Å². The summed E-state index contributed by atoms with van der Waals surface area (Å²) < 4.78 is 6.32. The van der Waals surface area contributed by atoms with E-state index in [1.165, 1.54) is 37.4 Å². The lowest BCUT2D eigenvalue weighted by Crippen LogP contribution is -2.56. The second-order valence-electron chi connectivity index (χ2n) is 12.0. The van der Waals surface area contributed by atoms with E-state index in [9.17, 15) is 28.8 Å². The minimum Gasteiger partial charge on any atom is -0.473 e. The van der Waals surface area contributed by atoms with Crippen molar-refractivity contribution in [1.29, 1.82) is 0 Å². The van der Waals surface area contributed by atoms with Gasteiger partial charge in [-0.2, -0.15) is 0 Å². The minimum atomic E-state index is -1.27. The molecule has 236 valence electrons. The maximum absolute atomic E-state index is 13.4. The maximum Gasteiger partial charge on any atom is 0.287 e. The molecule has 1 atom stereocenters.